The predicted octanol–water partition coefficient (Wildman–Crippen LogP) is 4.65. The first-order valence-corrected chi connectivity index (χ1v) is 10.1. The number of anilines is 1. The van der Waals surface area contributed by atoms with Gasteiger partial charge >= 0.3 is 5.97 Å². The summed E-state index contributed by atoms with van der Waals surface area (Å²) in [5.74, 6) is -0.132. The third-order valence-electron chi connectivity index (χ3n) is 5.55. The van der Waals surface area contributed by atoms with Crippen molar-refractivity contribution >= 4 is 17.4 Å². The predicted molar refractivity (Wildman–Crippen MR) is 111 cm³/mol. The van der Waals surface area contributed by atoms with E-state index < -0.39 is 0 Å². The first kappa shape index (κ1) is 20.2. The third kappa shape index (κ3) is 4.13. The van der Waals surface area contributed by atoms with Crippen LogP contribution in [0, 0.1) is 6.92 Å². The second-order valence-corrected chi connectivity index (χ2v) is 7.84. The van der Waals surface area contributed by atoms with Gasteiger partial charge in [-0.05, 0) is 48.9 Å². The summed E-state index contributed by atoms with van der Waals surface area (Å²) in [6.45, 7) is 4.37. The molecule has 5 nitrogen and oxygen atoms in total. The van der Waals surface area contributed by atoms with E-state index >= 15 is 0 Å². The van der Waals surface area contributed by atoms with Crippen LogP contribution in [0.15, 0.2) is 24.3 Å². The lowest BCUT2D eigenvalue weighted by Gasteiger charge is -2.23. The maximum atomic E-state index is 12.8. The standard InChI is InChI=1S/C23H30N2O3/c1-5-6-7-12-28-23(27)22-15(2)21-19(24-22)13-17(14-20(21)26)16-8-10-18(11-9-16)25(3)4/h8-11,17,24H,5-7,12-14H2,1-4H3. The number of ether oxygens (including phenoxy) is 1. The van der Waals surface area contributed by atoms with Crippen molar-refractivity contribution in [3.63, 3.8) is 0 Å². The van der Waals surface area contributed by atoms with Gasteiger partial charge in [-0.2, -0.15) is 0 Å². The number of unbranched alkanes of at least 4 members (excludes halogenated alkanes) is 2. The van der Waals surface area contributed by atoms with Gasteiger partial charge in [-0.1, -0.05) is 31.9 Å². The molecule has 1 aromatic heterocycles. The normalized spacial score (nSPS) is 16.0. The molecule has 0 spiro atoms. The van der Waals surface area contributed by atoms with Crippen molar-refractivity contribution in [1.82, 2.24) is 4.98 Å². The third-order valence-corrected chi connectivity index (χ3v) is 5.55. The Hall–Kier alpha value is -2.56. The SMILES string of the molecule is CCCCCOC(=O)c1[nH]c2c(c1C)C(=O)CC(c1ccc(N(C)C)cc1)C2. The second-order valence-electron chi connectivity index (χ2n) is 7.84. The number of rotatable bonds is 7. The summed E-state index contributed by atoms with van der Waals surface area (Å²) < 4.78 is 5.38. The Morgan fingerprint density at radius 3 is 2.54 bits per heavy atom. The van der Waals surface area contributed by atoms with E-state index in [0.29, 0.717) is 24.3 Å². The van der Waals surface area contributed by atoms with Crippen LogP contribution in [0.1, 0.15) is 76.2 Å². The topological polar surface area (TPSA) is 62.4 Å². The Bertz CT molecular complexity index is 849. The van der Waals surface area contributed by atoms with E-state index in [-0.39, 0.29) is 17.7 Å². The minimum Gasteiger partial charge on any atom is -0.461 e. The highest BCUT2D eigenvalue weighted by Gasteiger charge is 2.32. The Morgan fingerprint density at radius 1 is 1.18 bits per heavy atom. The first-order chi connectivity index (χ1) is 13.4. The Balaban J connectivity index is 1.77. The van der Waals surface area contributed by atoms with Crippen molar-refractivity contribution in [2.75, 3.05) is 25.6 Å². The fraction of sp³-hybridized carbons (Fsp3) is 0.478. The molecule has 1 unspecified atom stereocenters. The van der Waals surface area contributed by atoms with E-state index in [4.69, 9.17) is 4.74 Å². The number of H-pyrrole nitrogens is 1. The molecule has 3 rings (SSSR count). The molecule has 0 bridgehead atoms. The van der Waals surface area contributed by atoms with Crippen molar-refractivity contribution < 1.29 is 14.3 Å². The summed E-state index contributed by atoms with van der Waals surface area (Å²) in [7, 11) is 4.02. The van der Waals surface area contributed by atoms with Gasteiger partial charge in [0, 0.05) is 37.5 Å². The highest BCUT2D eigenvalue weighted by molar-refractivity contribution is 6.03. The van der Waals surface area contributed by atoms with Crippen molar-refractivity contribution in [3.05, 3.63) is 52.3 Å². The quantitative estimate of drug-likeness (QED) is 0.559. The average Bonchev–Trinajstić information content (AvgIpc) is 3.02. The molecule has 1 aliphatic carbocycles. The number of carbonyl (C=O) groups excluding carboxylic acids is 2. The number of nitrogens with one attached hydrogen (secondary N) is 1. The molecule has 5 heteroatoms. The van der Waals surface area contributed by atoms with E-state index in [1.807, 2.05) is 21.0 Å². The van der Waals surface area contributed by atoms with Crippen LogP contribution in [0.3, 0.4) is 0 Å². The highest BCUT2D eigenvalue weighted by atomic mass is 16.5. The van der Waals surface area contributed by atoms with Gasteiger partial charge < -0.3 is 14.6 Å². The smallest absolute Gasteiger partial charge is 0.355 e. The van der Waals surface area contributed by atoms with E-state index in [0.717, 1.165) is 48.2 Å². The van der Waals surface area contributed by atoms with Gasteiger partial charge in [0.1, 0.15) is 5.69 Å². The molecule has 0 amide bonds. The van der Waals surface area contributed by atoms with E-state index in [1.165, 1.54) is 0 Å². The maximum absolute atomic E-state index is 12.8. The van der Waals surface area contributed by atoms with E-state index in [9.17, 15) is 9.59 Å². The van der Waals surface area contributed by atoms with Gasteiger partial charge in [-0.15, -0.1) is 0 Å². The number of nitrogens with zero attached hydrogens (tertiary/aromatic N) is 1. The molecule has 150 valence electrons. The fourth-order valence-electron chi connectivity index (χ4n) is 3.91. The highest BCUT2D eigenvalue weighted by Crippen LogP contribution is 2.35. The van der Waals surface area contributed by atoms with Gasteiger partial charge in [0.25, 0.3) is 0 Å². The minimum atomic E-state index is -0.359. The van der Waals surface area contributed by atoms with Gasteiger partial charge in [0.2, 0.25) is 0 Å². The molecule has 1 N–H and O–H groups in total. The molecule has 0 saturated carbocycles. The van der Waals surface area contributed by atoms with Crippen molar-refractivity contribution in [3.8, 4) is 0 Å². The zero-order chi connectivity index (χ0) is 20.3. The Morgan fingerprint density at radius 2 is 1.89 bits per heavy atom. The molecule has 0 radical (unpaired) electrons. The van der Waals surface area contributed by atoms with Crippen molar-refractivity contribution in [1.29, 1.82) is 0 Å². The van der Waals surface area contributed by atoms with Crippen LogP contribution in [0.2, 0.25) is 0 Å². The number of hydrogen-bond donors (Lipinski definition) is 1. The number of esters is 1. The zero-order valence-corrected chi connectivity index (χ0v) is 17.3. The summed E-state index contributed by atoms with van der Waals surface area (Å²) in [5.41, 5.74) is 4.98. The summed E-state index contributed by atoms with van der Waals surface area (Å²) in [5, 5.41) is 0. The van der Waals surface area contributed by atoms with Gasteiger partial charge in [0.15, 0.2) is 5.78 Å². The van der Waals surface area contributed by atoms with Crippen LogP contribution >= 0.6 is 0 Å². The minimum absolute atomic E-state index is 0.0988. The van der Waals surface area contributed by atoms with Crippen molar-refractivity contribution in [2.24, 2.45) is 0 Å². The lowest BCUT2D eigenvalue weighted by molar-refractivity contribution is 0.0491. The molecule has 28 heavy (non-hydrogen) atoms. The summed E-state index contributed by atoms with van der Waals surface area (Å²) >= 11 is 0. The molecule has 0 saturated heterocycles. The zero-order valence-electron chi connectivity index (χ0n) is 17.3. The van der Waals surface area contributed by atoms with Crippen molar-refractivity contribution in [2.45, 2.75) is 51.9 Å². The molecule has 0 aliphatic heterocycles. The lowest BCUT2D eigenvalue weighted by Crippen LogP contribution is -2.18. The average molecular weight is 383 g/mol. The van der Waals surface area contributed by atoms with E-state index in [1.54, 1.807) is 0 Å². The summed E-state index contributed by atoms with van der Waals surface area (Å²) in [6, 6.07) is 8.34. The van der Waals surface area contributed by atoms with Gasteiger partial charge in [-0.3, -0.25) is 4.79 Å². The Kier molecular flexibility index (Phi) is 6.22. The Labute approximate surface area is 167 Å². The number of benzene rings is 1. The van der Waals surface area contributed by atoms with Gasteiger partial charge in [-0.25, -0.2) is 4.79 Å². The van der Waals surface area contributed by atoms with Crippen LogP contribution in [-0.2, 0) is 11.2 Å². The number of hydrogen-bond acceptors (Lipinski definition) is 4. The lowest BCUT2D eigenvalue weighted by atomic mass is 9.81. The summed E-state index contributed by atoms with van der Waals surface area (Å²) in [6.07, 6.45) is 4.19. The molecule has 1 atom stereocenters. The van der Waals surface area contributed by atoms with Crippen LogP contribution in [0.25, 0.3) is 0 Å². The fourth-order valence-corrected chi connectivity index (χ4v) is 3.91. The first-order valence-electron chi connectivity index (χ1n) is 10.1. The van der Waals surface area contributed by atoms with Crippen LogP contribution < -0.4 is 4.90 Å². The number of fused-ring (bicyclic) bond motifs is 1. The maximum Gasteiger partial charge on any atom is 0.355 e. The number of aromatic amines is 1. The number of ketones is 1. The molecule has 0 fully saturated rings. The van der Waals surface area contributed by atoms with Crippen LogP contribution in [0.4, 0.5) is 5.69 Å². The molecule has 2 aromatic rings. The summed E-state index contributed by atoms with van der Waals surface area (Å²) in [4.78, 5) is 30.5. The molecular weight excluding hydrogens is 352 g/mol. The molecule has 1 heterocycles. The van der Waals surface area contributed by atoms with Crippen LogP contribution in [-0.4, -0.2) is 37.4 Å². The van der Waals surface area contributed by atoms with E-state index in [2.05, 4.69) is 41.1 Å². The number of aromatic nitrogens is 1. The number of carbonyl (C=O) groups is 2. The number of Topliss-reactive ketones (excluding diaryl/α,β-unsaturated/α-hetero) is 1. The monoisotopic (exact) mass is 382 g/mol. The molecular formula is C23H30N2O3. The largest absolute Gasteiger partial charge is 0.461 e. The van der Waals surface area contributed by atoms with Gasteiger partial charge in [0.05, 0.1) is 6.61 Å². The molecule has 1 aliphatic rings. The molecule has 1 aromatic carbocycles. The second kappa shape index (κ2) is 8.63. The van der Waals surface area contributed by atoms with Crippen LogP contribution in [0.5, 0.6) is 0 Å².